The maximum Gasteiger partial charge on any atom is 0.125 e. The standard InChI is InChI=1S/C16H26N2O/c1-13-5-3-6-14(2)16(13)19-12-4-9-18-10-7-15(17)8-11-18/h3,5-6,15H,4,7-12,17H2,1-2H3. The summed E-state index contributed by atoms with van der Waals surface area (Å²) in [5, 5.41) is 0. The number of ether oxygens (including phenoxy) is 1. The van der Waals surface area contributed by atoms with E-state index < -0.39 is 0 Å². The minimum Gasteiger partial charge on any atom is -0.493 e. The van der Waals surface area contributed by atoms with Gasteiger partial charge in [-0.25, -0.2) is 0 Å². The van der Waals surface area contributed by atoms with Crippen molar-refractivity contribution < 1.29 is 4.74 Å². The van der Waals surface area contributed by atoms with E-state index in [2.05, 4.69) is 36.9 Å². The third kappa shape index (κ3) is 4.22. The summed E-state index contributed by atoms with van der Waals surface area (Å²) in [6.45, 7) is 8.42. The van der Waals surface area contributed by atoms with Crippen LogP contribution in [0.25, 0.3) is 0 Å². The largest absolute Gasteiger partial charge is 0.493 e. The first-order valence-corrected chi connectivity index (χ1v) is 7.34. The molecule has 0 bridgehead atoms. The van der Waals surface area contributed by atoms with Crippen LogP contribution in [0.1, 0.15) is 30.4 Å². The highest BCUT2D eigenvalue weighted by atomic mass is 16.5. The van der Waals surface area contributed by atoms with Gasteiger partial charge in [0.05, 0.1) is 6.61 Å². The molecular formula is C16H26N2O. The minimum atomic E-state index is 0.419. The first kappa shape index (κ1) is 14.4. The number of rotatable bonds is 5. The predicted molar refractivity (Wildman–Crippen MR) is 79.7 cm³/mol. The number of nitrogens with zero attached hydrogens (tertiary/aromatic N) is 1. The highest BCUT2D eigenvalue weighted by Crippen LogP contribution is 2.22. The van der Waals surface area contributed by atoms with E-state index >= 15 is 0 Å². The summed E-state index contributed by atoms with van der Waals surface area (Å²) in [4.78, 5) is 2.50. The molecule has 0 aliphatic carbocycles. The van der Waals surface area contributed by atoms with Crippen LogP contribution >= 0.6 is 0 Å². The molecule has 1 aromatic carbocycles. The molecule has 1 fully saturated rings. The molecule has 1 heterocycles. The van der Waals surface area contributed by atoms with E-state index in [1.54, 1.807) is 0 Å². The van der Waals surface area contributed by atoms with Gasteiger partial charge in [-0.1, -0.05) is 18.2 Å². The second-order valence-corrected chi connectivity index (χ2v) is 5.60. The lowest BCUT2D eigenvalue weighted by Crippen LogP contribution is -2.40. The average molecular weight is 262 g/mol. The van der Waals surface area contributed by atoms with Crippen molar-refractivity contribution in [3.05, 3.63) is 29.3 Å². The van der Waals surface area contributed by atoms with Crippen molar-refractivity contribution in [1.82, 2.24) is 4.90 Å². The quantitative estimate of drug-likeness (QED) is 0.829. The Balaban J connectivity index is 1.69. The molecule has 0 unspecified atom stereocenters. The van der Waals surface area contributed by atoms with Gasteiger partial charge in [-0.3, -0.25) is 0 Å². The molecule has 0 saturated carbocycles. The highest BCUT2D eigenvalue weighted by molar-refractivity contribution is 5.39. The van der Waals surface area contributed by atoms with Crippen LogP contribution in [0.15, 0.2) is 18.2 Å². The Morgan fingerprint density at radius 3 is 2.47 bits per heavy atom. The molecule has 1 aromatic rings. The van der Waals surface area contributed by atoms with E-state index in [0.29, 0.717) is 6.04 Å². The zero-order chi connectivity index (χ0) is 13.7. The Hall–Kier alpha value is -1.06. The molecule has 3 nitrogen and oxygen atoms in total. The lowest BCUT2D eigenvalue weighted by molar-refractivity contribution is 0.193. The number of piperidine rings is 1. The van der Waals surface area contributed by atoms with E-state index in [1.807, 2.05) is 0 Å². The summed E-state index contributed by atoms with van der Waals surface area (Å²) in [6.07, 6.45) is 3.36. The SMILES string of the molecule is Cc1cccc(C)c1OCCCN1CCC(N)CC1. The van der Waals surface area contributed by atoms with E-state index in [-0.39, 0.29) is 0 Å². The number of nitrogens with two attached hydrogens (primary N) is 1. The van der Waals surface area contributed by atoms with Gasteiger partial charge in [0, 0.05) is 12.6 Å². The van der Waals surface area contributed by atoms with Crippen LogP contribution in [0.3, 0.4) is 0 Å². The molecule has 19 heavy (non-hydrogen) atoms. The summed E-state index contributed by atoms with van der Waals surface area (Å²) >= 11 is 0. The number of benzene rings is 1. The Morgan fingerprint density at radius 2 is 1.84 bits per heavy atom. The fourth-order valence-electron chi connectivity index (χ4n) is 2.67. The topological polar surface area (TPSA) is 38.5 Å². The van der Waals surface area contributed by atoms with E-state index in [0.717, 1.165) is 51.3 Å². The summed E-state index contributed by atoms with van der Waals surface area (Å²) in [6, 6.07) is 6.71. The molecule has 1 saturated heterocycles. The molecule has 0 radical (unpaired) electrons. The van der Waals surface area contributed by atoms with E-state index in [1.165, 1.54) is 11.1 Å². The number of aryl methyl sites for hydroxylation is 2. The lowest BCUT2D eigenvalue weighted by Gasteiger charge is -2.29. The van der Waals surface area contributed by atoms with Crippen LogP contribution in [-0.2, 0) is 0 Å². The number of likely N-dealkylation sites (tertiary alicyclic amines) is 1. The fourth-order valence-corrected chi connectivity index (χ4v) is 2.67. The third-order valence-electron chi connectivity index (χ3n) is 3.91. The Kier molecular flexibility index (Phi) is 5.23. The number of para-hydroxylation sites is 1. The highest BCUT2D eigenvalue weighted by Gasteiger charge is 2.15. The molecular weight excluding hydrogens is 236 g/mol. The van der Waals surface area contributed by atoms with Gasteiger partial charge in [0.2, 0.25) is 0 Å². The van der Waals surface area contributed by atoms with Crippen molar-refractivity contribution in [3.63, 3.8) is 0 Å². The molecule has 0 atom stereocenters. The smallest absolute Gasteiger partial charge is 0.125 e. The third-order valence-corrected chi connectivity index (χ3v) is 3.91. The lowest BCUT2D eigenvalue weighted by atomic mass is 10.1. The van der Waals surface area contributed by atoms with Crippen LogP contribution in [-0.4, -0.2) is 37.2 Å². The average Bonchev–Trinajstić information content (AvgIpc) is 2.39. The summed E-state index contributed by atoms with van der Waals surface area (Å²) in [7, 11) is 0. The molecule has 2 N–H and O–H groups in total. The van der Waals surface area contributed by atoms with Gasteiger partial charge in [-0.05, 0) is 57.3 Å². The maximum atomic E-state index is 5.93. The minimum absolute atomic E-state index is 0.419. The number of hydrogen-bond donors (Lipinski definition) is 1. The van der Waals surface area contributed by atoms with Crippen LogP contribution in [0.4, 0.5) is 0 Å². The van der Waals surface area contributed by atoms with Gasteiger partial charge >= 0.3 is 0 Å². The zero-order valence-corrected chi connectivity index (χ0v) is 12.2. The van der Waals surface area contributed by atoms with Crippen molar-refractivity contribution in [3.8, 4) is 5.75 Å². The molecule has 3 heteroatoms. The molecule has 0 amide bonds. The van der Waals surface area contributed by atoms with Crippen molar-refractivity contribution in [2.24, 2.45) is 5.73 Å². The van der Waals surface area contributed by atoms with Crippen molar-refractivity contribution in [1.29, 1.82) is 0 Å². The van der Waals surface area contributed by atoms with Gasteiger partial charge in [0.1, 0.15) is 5.75 Å². The Morgan fingerprint density at radius 1 is 1.21 bits per heavy atom. The van der Waals surface area contributed by atoms with Gasteiger partial charge in [-0.15, -0.1) is 0 Å². The van der Waals surface area contributed by atoms with Crippen LogP contribution in [0.2, 0.25) is 0 Å². The molecule has 0 spiro atoms. The fraction of sp³-hybridized carbons (Fsp3) is 0.625. The van der Waals surface area contributed by atoms with Crippen LogP contribution in [0.5, 0.6) is 5.75 Å². The summed E-state index contributed by atoms with van der Waals surface area (Å²) in [5.74, 6) is 1.06. The number of hydrogen-bond acceptors (Lipinski definition) is 3. The monoisotopic (exact) mass is 262 g/mol. The van der Waals surface area contributed by atoms with Gasteiger partial charge < -0.3 is 15.4 Å². The van der Waals surface area contributed by atoms with Crippen molar-refractivity contribution in [2.45, 2.75) is 39.2 Å². The summed E-state index contributed by atoms with van der Waals surface area (Å²) in [5.41, 5.74) is 8.36. The first-order valence-electron chi connectivity index (χ1n) is 7.34. The molecule has 0 aromatic heterocycles. The van der Waals surface area contributed by atoms with Gasteiger partial charge in [0.25, 0.3) is 0 Å². The molecule has 2 rings (SSSR count). The van der Waals surface area contributed by atoms with E-state index in [4.69, 9.17) is 10.5 Å². The second kappa shape index (κ2) is 6.92. The van der Waals surface area contributed by atoms with E-state index in [9.17, 15) is 0 Å². The molecule has 1 aliphatic rings. The van der Waals surface area contributed by atoms with Gasteiger partial charge in [0.15, 0.2) is 0 Å². The Bertz CT molecular complexity index is 377. The predicted octanol–water partition coefficient (Wildman–Crippen LogP) is 2.50. The maximum absolute atomic E-state index is 5.93. The van der Waals surface area contributed by atoms with Crippen molar-refractivity contribution >= 4 is 0 Å². The first-order chi connectivity index (χ1) is 9.16. The summed E-state index contributed by atoms with van der Waals surface area (Å²) < 4.78 is 5.93. The van der Waals surface area contributed by atoms with Crippen LogP contribution in [0, 0.1) is 13.8 Å². The van der Waals surface area contributed by atoms with Crippen LogP contribution < -0.4 is 10.5 Å². The molecule has 106 valence electrons. The second-order valence-electron chi connectivity index (χ2n) is 5.60. The molecule has 1 aliphatic heterocycles. The van der Waals surface area contributed by atoms with Crippen molar-refractivity contribution in [2.75, 3.05) is 26.2 Å². The van der Waals surface area contributed by atoms with Gasteiger partial charge in [-0.2, -0.15) is 0 Å². The zero-order valence-electron chi connectivity index (χ0n) is 12.2. The normalized spacial score (nSPS) is 17.6. The Labute approximate surface area is 116 Å².